The van der Waals surface area contributed by atoms with E-state index in [1.54, 1.807) is 6.20 Å². The van der Waals surface area contributed by atoms with Crippen molar-refractivity contribution < 1.29 is 9.59 Å². The Bertz CT molecular complexity index is 971. The number of fused-ring (bicyclic) bond motifs is 4. The SMILES string of the molecule is NC1(C(=O)Nc2ncc3cc4n(c3n2)C2(CCCCC2)CNC4=O)CCCNC1. The van der Waals surface area contributed by atoms with E-state index in [-0.39, 0.29) is 23.3 Å². The van der Waals surface area contributed by atoms with Crippen LogP contribution in [0.4, 0.5) is 5.95 Å². The van der Waals surface area contributed by atoms with Crippen LogP contribution in [-0.4, -0.2) is 51.5 Å². The van der Waals surface area contributed by atoms with Crippen LogP contribution >= 0.6 is 0 Å². The van der Waals surface area contributed by atoms with E-state index in [1.165, 1.54) is 6.42 Å². The van der Waals surface area contributed by atoms with Crippen molar-refractivity contribution >= 4 is 28.8 Å². The van der Waals surface area contributed by atoms with Crippen molar-refractivity contribution in [2.45, 2.75) is 56.0 Å². The molecule has 9 heteroatoms. The maximum atomic E-state index is 12.8. The van der Waals surface area contributed by atoms with Gasteiger partial charge in [-0.2, -0.15) is 4.98 Å². The number of aromatic nitrogens is 3. The third-order valence-electron chi connectivity index (χ3n) is 6.70. The summed E-state index contributed by atoms with van der Waals surface area (Å²) in [6, 6.07) is 1.85. The van der Waals surface area contributed by atoms with Crippen LogP contribution in [0, 0.1) is 0 Å². The van der Waals surface area contributed by atoms with Crippen LogP contribution in [0.15, 0.2) is 12.3 Å². The van der Waals surface area contributed by atoms with E-state index in [1.807, 2.05) is 6.07 Å². The van der Waals surface area contributed by atoms with Crippen LogP contribution in [-0.2, 0) is 10.3 Å². The number of carbonyl (C=O) groups excluding carboxylic acids is 2. The van der Waals surface area contributed by atoms with E-state index in [2.05, 4.69) is 30.5 Å². The van der Waals surface area contributed by atoms with Crippen molar-refractivity contribution in [3.05, 3.63) is 18.0 Å². The van der Waals surface area contributed by atoms with Crippen LogP contribution in [0.3, 0.4) is 0 Å². The molecule has 2 aliphatic heterocycles. The van der Waals surface area contributed by atoms with Gasteiger partial charge in [0.2, 0.25) is 11.9 Å². The minimum Gasteiger partial charge on any atom is -0.348 e. The van der Waals surface area contributed by atoms with Gasteiger partial charge < -0.3 is 20.9 Å². The standard InChI is InChI=1S/C20H27N7O2/c21-20(7-4-8-22-12-20)17(29)26-18-23-10-13-9-14-16(28)24-11-19(5-2-1-3-6-19)27(14)15(13)25-18/h9-10,22H,1-8,11-12,21H2,(H,24,28)(H,23,25,26,29). The fourth-order valence-corrected chi connectivity index (χ4v) is 5.07. The molecule has 154 valence electrons. The summed E-state index contributed by atoms with van der Waals surface area (Å²) >= 11 is 0. The van der Waals surface area contributed by atoms with E-state index in [0.717, 1.165) is 44.0 Å². The van der Waals surface area contributed by atoms with Gasteiger partial charge in [0.05, 0.1) is 5.54 Å². The topological polar surface area (TPSA) is 127 Å². The maximum Gasteiger partial charge on any atom is 0.268 e. The minimum atomic E-state index is -0.959. The molecular formula is C20H27N7O2. The smallest absolute Gasteiger partial charge is 0.268 e. The molecule has 0 radical (unpaired) electrons. The predicted octanol–water partition coefficient (Wildman–Crippen LogP) is 0.853. The first kappa shape index (κ1) is 18.5. The fourth-order valence-electron chi connectivity index (χ4n) is 5.07. The van der Waals surface area contributed by atoms with Gasteiger partial charge in [0.15, 0.2) is 0 Å². The van der Waals surface area contributed by atoms with Crippen LogP contribution < -0.4 is 21.7 Å². The average molecular weight is 397 g/mol. The second kappa shape index (κ2) is 6.77. The summed E-state index contributed by atoms with van der Waals surface area (Å²) in [5.41, 5.74) is 6.51. The van der Waals surface area contributed by atoms with E-state index in [0.29, 0.717) is 30.9 Å². The Morgan fingerprint density at radius 3 is 2.76 bits per heavy atom. The zero-order chi connectivity index (χ0) is 20.1. The largest absolute Gasteiger partial charge is 0.348 e. The molecule has 2 amide bonds. The van der Waals surface area contributed by atoms with Gasteiger partial charge in [-0.3, -0.25) is 14.9 Å². The summed E-state index contributed by atoms with van der Waals surface area (Å²) in [5, 5.41) is 9.84. The third kappa shape index (κ3) is 3.00. The van der Waals surface area contributed by atoms with Gasteiger partial charge in [0, 0.05) is 24.7 Å². The lowest BCUT2D eigenvalue weighted by atomic mass is 9.80. The number of nitrogens with one attached hydrogen (secondary N) is 3. The summed E-state index contributed by atoms with van der Waals surface area (Å²) in [6.45, 7) is 1.92. The van der Waals surface area contributed by atoms with Gasteiger partial charge in [-0.1, -0.05) is 19.3 Å². The first-order valence-corrected chi connectivity index (χ1v) is 10.5. The summed E-state index contributed by atoms with van der Waals surface area (Å²) in [5.74, 6) is -0.130. The number of amides is 2. The van der Waals surface area contributed by atoms with Crippen molar-refractivity contribution in [3.8, 4) is 0 Å². The number of nitrogens with two attached hydrogens (primary N) is 1. The van der Waals surface area contributed by atoms with Crippen LogP contribution in [0.5, 0.6) is 0 Å². The van der Waals surface area contributed by atoms with E-state index < -0.39 is 5.54 Å². The molecule has 2 fully saturated rings. The second-order valence-corrected chi connectivity index (χ2v) is 8.70. The number of rotatable bonds is 2. The summed E-state index contributed by atoms with van der Waals surface area (Å²) in [6.07, 6.45) is 8.65. The van der Waals surface area contributed by atoms with Crippen molar-refractivity contribution in [1.82, 2.24) is 25.2 Å². The van der Waals surface area contributed by atoms with Gasteiger partial charge in [-0.05, 0) is 38.3 Å². The van der Waals surface area contributed by atoms with Crippen LogP contribution in [0.2, 0.25) is 0 Å². The number of nitrogens with zero attached hydrogens (tertiary/aromatic N) is 3. The number of piperidine rings is 1. The molecule has 5 rings (SSSR count). The Labute approximate surface area is 168 Å². The van der Waals surface area contributed by atoms with Crippen molar-refractivity contribution in [2.24, 2.45) is 5.73 Å². The number of hydrogen-bond donors (Lipinski definition) is 4. The number of hydrogen-bond acceptors (Lipinski definition) is 6. The van der Waals surface area contributed by atoms with E-state index in [4.69, 9.17) is 5.73 Å². The predicted molar refractivity (Wildman–Crippen MR) is 109 cm³/mol. The Hall–Kier alpha value is -2.52. The highest BCUT2D eigenvalue weighted by molar-refractivity contribution is 6.00. The van der Waals surface area contributed by atoms with Crippen LogP contribution in [0.1, 0.15) is 55.4 Å². The van der Waals surface area contributed by atoms with Crippen molar-refractivity contribution in [3.63, 3.8) is 0 Å². The summed E-state index contributed by atoms with van der Waals surface area (Å²) in [7, 11) is 0. The lowest BCUT2D eigenvalue weighted by molar-refractivity contribution is -0.121. The van der Waals surface area contributed by atoms with Gasteiger partial charge in [-0.15, -0.1) is 0 Å². The molecule has 9 nitrogen and oxygen atoms in total. The molecule has 1 spiro atoms. The summed E-state index contributed by atoms with van der Waals surface area (Å²) < 4.78 is 2.10. The van der Waals surface area contributed by atoms with Crippen molar-refractivity contribution in [2.75, 3.05) is 25.0 Å². The maximum absolute atomic E-state index is 12.8. The molecule has 2 aromatic heterocycles. The normalized spacial score (nSPS) is 26.2. The third-order valence-corrected chi connectivity index (χ3v) is 6.70. The first-order chi connectivity index (χ1) is 14.0. The molecule has 3 aliphatic rings. The average Bonchev–Trinajstić information content (AvgIpc) is 3.13. The molecule has 1 saturated heterocycles. The van der Waals surface area contributed by atoms with Gasteiger partial charge in [0.1, 0.15) is 16.9 Å². The highest BCUT2D eigenvalue weighted by atomic mass is 16.2. The molecule has 29 heavy (non-hydrogen) atoms. The Kier molecular flexibility index (Phi) is 4.32. The van der Waals surface area contributed by atoms with Crippen LogP contribution in [0.25, 0.3) is 11.0 Å². The van der Waals surface area contributed by atoms with Gasteiger partial charge in [0.25, 0.3) is 5.91 Å². The highest BCUT2D eigenvalue weighted by Crippen LogP contribution is 2.40. The van der Waals surface area contributed by atoms with E-state index in [9.17, 15) is 9.59 Å². The first-order valence-electron chi connectivity index (χ1n) is 10.5. The lowest BCUT2D eigenvalue weighted by Gasteiger charge is -2.42. The van der Waals surface area contributed by atoms with Crippen molar-refractivity contribution in [1.29, 1.82) is 0 Å². The molecule has 4 heterocycles. The molecule has 2 aromatic rings. The zero-order valence-corrected chi connectivity index (χ0v) is 16.5. The highest BCUT2D eigenvalue weighted by Gasteiger charge is 2.42. The Morgan fingerprint density at radius 2 is 2.00 bits per heavy atom. The Morgan fingerprint density at radius 1 is 1.17 bits per heavy atom. The van der Waals surface area contributed by atoms with E-state index >= 15 is 0 Å². The molecule has 1 saturated carbocycles. The minimum absolute atomic E-state index is 0.0843. The lowest BCUT2D eigenvalue weighted by Crippen LogP contribution is -2.60. The molecule has 0 aromatic carbocycles. The Balaban J connectivity index is 1.53. The zero-order valence-electron chi connectivity index (χ0n) is 16.5. The molecule has 0 bridgehead atoms. The molecule has 5 N–H and O–H groups in total. The quantitative estimate of drug-likeness (QED) is 0.595. The molecule has 1 atom stereocenters. The fraction of sp³-hybridized carbons (Fsp3) is 0.600. The number of anilines is 1. The van der Waals surface area contributed by atoms with Gasteiger partial charge >= 0.3 is 0 Å². The van der Waals surface area contributed by atoms with Gasteiger partial charge in [-0.25, -0.2) is 4.98 Å². The monoisotopic (exact) mass is 397 g/mol. The molecular weight excluding hydrogens is 370 g/mol. The molecule has 1 aliphatic carbocycles. The second-order valence-electron chi connectivity index (χ2n) is 8.70. The number of carbonyl (C=O) groups is 2. The molecule has 1 unspecified atom stereocenters. The summed E-state index contributed by atoms with van der Waals surface area (Å²) in [4.78, 5) is 34.3.